The molecular formula is C20H30N2O4. The first-order valence-corrected chi connectivity index (χ1v) is 8.98. The van der Waals surface area contributed by atoms with Crippen molar-refractivity contribution in [1.82, 2.24) is 5.32 Å². The summed E-state index contributed by atoms with van der Waals surface area (Å²) < 4.78 is 10.3. The third kappa shape index (κ3) is 4.62. The molecular weight excluding hydrogens is 332 g/mol. The SMILES string of the molecule is COC(=O)C(C)(CC(N)NC1CCc2ccccc21)C(=O)OC(C)(C)C. The van der Waals surface area contributed by atoms with Crippen LogP contribution in [-0.4, -0.2) is 30.8 Å². The lowest BCUT2D eigenvalue weighted by Gasteiger charge is -2.32. The van der Waals surface area contributed by atoms with Crippen LogP contribution >= 0.6 is 0 Å². The fourth-order valence-corrected chi connectivity index (χ4v) is 3.35. The van der Waals surface area contributed by atoms with Crippen molar-refractivity contribution in [1.29, 1.82) is 0 Å². The molecule has 2 rings (SSSR count). The van der Waals surface area contributed by atoms with Gasteiger partial charge in [0.2, 0.25) is 0 Å². The molecule has 144 valence electrons. The van der Waals surface area contributed by atoms with Crippen molar-refractivity contribution in [2.45, 2.75) is 64.8 Å². The van der Waals surface area contributed by atoms with Crippen LogP contribution < -0.4 is 11.1 Å². The Morgan fingerprint density at radius 3 is 2.50 bits per heavy atom. The molecule has 1 aromatic carbocycles. The lowest BCUT2D eigenvalue weighted by atomic mass is 9.85. The van der Waals surface area contributed by atoms with Gasteiger partial charge in [-0.25, -0.2) is 0 Å². The Bertz CT molecular complexity index is 668. The van der Waals surface area contributed by atoms with E-state index in [1.54, 1.807) is 20.8 Å². The molecule has 26 heavy (non-hydrogen) atoms. The maximum Gasteiger partial charge on any atom is 0.323 e. The van der Waals surface area contributed by atoms with Gasteiger partial charge < -0.3 is 15.2 Å². The average molecular weight is 362 g/mol. The van der Waals surface area contributed by atoms with Crippen LogP contribution in [0.15, 0.2) is 24.3 Å². The van der Waals surface area contributed by atoms with Gasteiger partial charge in [-0.2, -0.15) is 0 Å². The monoisotopic (exact) mass is 362 g/mol. The number of fused-ring (bicyclic) bond motifs is 1. The van der Waals surface area contributed by atoms with Crippen LogP contribution in [0.2, 0.25) is 0 Å². The zero-order chi connectivity index (χ0) is 19.5. The Morgan fingerprint density at radius 2 is 1.88 bits per heavy atom. The number of rotatable bonds is 6. The van der Waals surface area contributed by atoms with E-state index in [1.807, 2.05) is 12.1 Å². The minimum Gasteiger partial charge on any atom is -0.468 e. The molecule has 0 fully saturated rings. The number of methoxy groups -OCH3 is 1. The van der Waals surface area contributed by atoms with E-state index < -0.39 is 29.1 Å². The van der Waals surface area contributed by atoms with Crippen molar-refractivity contribution in [2.75, 3.05) is 7.11 Å². The summed E-state index contributed by atoms with van der Waals surface area (Å²) in [6, 6.07) is 8.34. The van der Waals surface area contributed by atoms with Gasteiger partial charge in [0.05, 0.1) is 13.3 Å². The van der Waals surface area contributed by atoms with Crippen molar-refractivity contribution >= 4 is 11.9 Å². The minimum atomic E-state index is -1.47. The first-order valence-electron chi connectivity index (χ1n) is 8.98. The smallest absolute Gasteiger partial charge is 0.323 e. The van der Waals surface area contributed by atoms with Crippen molar-refractivity contribution in [3.8, 4) is 0 Å². The predicted molar refractivity (Wildman–Crippen MR) is 99.2 cm³/mol. The first-order chi connectivity index (χ1) is 12.1. The number of ether oxygens (including phenoxy) is 2. The fraction of sp³-hybridized carbons (Fsp3) is 0.600. The van der Waals surface area contributed by atoms with E-state index in [0.29, 0.717) is 0 Å². The normalized spacial score (nSPS) is 20.0. The fourth-order valence-electron chi connectivity index (χ4n) is 3.35. The quantitative estimate of drug-likeness (QED) is 0.459. The van der Waals surface area contributed by atoms with Crippen LogP contribution in [0.4, 0.5) is 0 Å². The highest BCUT2D eigenvalue weighted by molar-refractivity contribution is 5.99. The second-order valence-corrected chi connectivity index (χ2v) is 8.09. The number of nitrogens with two attached hydrogens (primary N) is 1. The molecule has 0 aromatic heterocycles. The molecule has 1 aromatic rings. The summed E-state index contributed by atoms with van der Waals surface area (Å²) in [5.41, 5.74) is 6.63. The molecule has 3 N–H and O–H groups in total. The summed E-state index contributed by atoms with van der Waals surface area (Å²) in [6.07, 6.45) is 1.46. The molecule has 3 unspecified atom stereocenters. The lowest BCUT2D eigenvalue weighted by Crippen LogP contribution is -2.50. The average Bonchev–Trinajstić information content (AvgIpc) is 2.95. The van der Waals surface area contributed by atoms with Gasteiger partial charge in [0.15, 0.2) is 5.41 Å². The molecule has 3 atom stereocenters. The third-order valence-electron chi connectivity index (χ3n) is 4.66. The van der Waals surface area contributed by atoms with E-state index >= 15 is 0 Å². The van der Waals surface area contributed by atoms with Crippen LogP contribution in [0.1, 0.15) is 57.7 Å². The molecule has 0 saturated heterocycles. The van der Waals surface area contributed by atoms with Crippen molar-refractivity contribution in [3.05, 3.63) is 35.4 Å². The van der Waals surface area contributed by atoms with E-state index in [0.717, 1.165) is 12.8 Å². The Labute approximate surface area is 155 Å². The summed E-state index contributed by atoms with van der Waals surface area (Å²) in [7, 11) is 1.26. The summed E-state index contributed by atoms with van der Waals surface area (Å²) >= 11 is 0. The van der Waals surface area contributed by atoms with Crippen LogP contribution in [0.3, 0.4) is 0 Å². The number of aryl methyl sites for hydroxylation is 1. The van der Waals surface area contributed by atoms with E-state index in [2.05, 4.69) is 17.4 Å². The highest BCUT2D eigenvalue weighted by Crippen LogP contribution is 2.33. The Balaban J connectivity index is 2.11. The minimum absolute atomic E-state index is 0.0905. The van der Waals surface area contributed by atoms with Crippen LogP contribution in [0.5, 0.6) is 0 Å². The molecule has 6 heteroatoms. The summed E-state index contributed by atoms with van der Waals surface area (Å²) in [5.74, 6) is -1.27. The van der Waals surface area contributed by atoms with Gasteiger partial charge in [-0.05, 0) is 51.7 Å². The van der Waals surface area contributed by atoms with E-state index in [9.17, 15) is 9.59 Å². The molecule has 1 aliphatic rings. The number of benzene rings is 1. The van der Waals surface area contributed by atoms with Crippen LogP contribution in [-0.2, 0) is 25.5 Å². The van der Waals surface area contributed by atoms with Gasteiger partial charge in [0.25, 0.3) is 0 Å². The number of esters is 2. The van der Waals surface area contributed by atoms with E-state index in [-0.39, 0.29) is 12.5 Å². The summed E-state index contributed by atoms with van der Waals surface area (Å²) in [4.78, 5) is 25.0. The van der Waals surface area contributed by atoms with Crippen molar-refractivity contribution < 1.29 is 19.1 Å². The Kier molecular flexibility index (Phi) is 6.09. The zero-order valence-corrected chi connectivity index (χ0v) is 16.3. The highest BCUT2D eigenvalue weighted by atomic mass is 16.6. The molecule has 0 radical (unpaired) electrons. The van der Waals surface area contributed by atoms with Gasteiger partial charge >= 0.3 is 11.9 Å². The van der Waals surface area contributed by atoms with Crippen LogP contribution in [0.25, 0.3) is 0 Å². The van der Waals surface area contributed by atoms with Gasteiger partial charge in [0.1, 0.15) is 5.60 Å². The lowest BCUT2D eigenvalue weighted by molar-refractivity contribution is -0.178. The first kappa shape index (κ1) is 20.4. The summed E-state index contributed by atoms with van der Waals surface area (Å²) in [6.45, 7) is 6.81. The maximum absolute atomic E-state index is 12.6. The number of hydrogen-bond donors (Lipinski definition) is 2. The van der Waals surface area contributed by atoms with E-state index in [4.69, 9.17) is 15.2 Å². The van der Waals surface area contributed by atoms with Crippen LogP contribution in [0, 0.1) is 5.41 Å². The predicted octanol–water partition coefficient (Wildman–Crippen LogP) is 2.46. The third-order valence-corrected chi connectivity index (χ3v) is 4.66. The molecule has 0 aliphatic heterocycles. The van der Waals surface area contributed by atoms with Gasteiger partial charge in [0, 0.05) is 12.5 Å². The second kappa shape index (κ2) is 7.76. The van der Waals surface area contributed by atoms with Gasteiger partial charge in [-0.1, -0.05) is 24.3 Å². The molecule has 0 bridgehead atoms. The molecule has 0 spiro atoms. The van der Waals surface area contributed by atoms with Gasteiger partial charge in [-0.15, -0.1) is 0 Å². The molecule has 6 nitrogen and oxygen atoms in total. The maximum atomic E-state index is 12.6. The largest absolute Gasteiger partial charge is 0.468 e. The topological polar surface area (TPSA) is 90.6 Å². The Morgan fingerprint density at radius 1 is 1.23 bits per heavy atom. The Hall–Kier alpha value is -1.92. The number of hydrogen-bond acceptors (Lipinski definition) is 6. The number of nitrogens with one attached hydrogen (secondary N) is 1. The molecule has 0 heterocycles. The standard InChI is InChI=1S/C20H30N2O4/c1-19(2,3)26-18(24)20(4,17(23)25-5)12-16(21)22-15-11-10-13-8-6-7-9-14(13)15/h6-9,15-16,22H,10-12,21H2,1-5H3. The number of carbonyl (C=O) groups excluding carboxylic acids is 2. The van der Waals surface area contributed by atoms with Crippen molar-refractivity contribution in [2.24, 2.45) is 11.1 Å². The van der Waals surface area contributed by atoms with Crippen molar-refractivity contribution in [3.63, 3.8) is 0 Å². The zero-order valence-electron chi connectivity index (χ0n) is 16.3. The van der Waals surface area contributed by atoms with Gasteiger partial charge in [-0.3, -0.25) is 14.9 Å². The number of carbonyl (C=O) groups is 2. The molecule has 0 saturated carbocycles. The summed E-state index contributed by atoms with van der Waals surface area (Å²) in [5, 5.41) is 3.35. The molecule has 1 aliphatic carbocycles. The highest BCUT2D eigenvalue weighted by Gasteiger charge is 2.46. The second-order valence-electron chi connectivity index (χ2n) is 8.09. The molecule has 0 amide bonds. The van der Waals surface area contributed by atoms with E-state index in [1.165, 1.54) is 25.2 Å².